The lowest BCUT2D eigenvalue weighted by atomic mass is 10.1. The Bertz CT molecular complexity index is 429. The van der Waals surface area contributed by atoms with Crippen LogP contribution in [0.3, 0.4) is 0 Å². The zero-order chi connectivity index (χ0) is 11.5. The van der Waals surface area contributed by atoms with Gasteiger partial charge in [-0.15, -0.1) is 0 Å². The Morgan fingerprint density at radius 1 is 1.38 bits per heavy atom. The molecular weight excluding hydrogens is 204 g/mol. The molecule has 1 heterocycles. The monoisotopic (exact) mass is 218 g/mol. The Morgan fingerprint density at radius 3 is 2.88 bits per heavy atom. The molecule has 1 aliphatic heterocycles. The molecule has 0 saturated heterocycles. The predicted molar refractivity (Wildman–Crippen MR) is 60.9 cm³/mol. The van der Waals surface area contributed by atoms with E-state index in [1.165, 1.54) is 6.92 Å². The lowest BCUT2D eigenvalue weighted by Gasteiger charge is -2.26. The lowest BCUT2D eigenvalue weighted by molar-refractivity contribution is -0.121. The van der Waals surface area contributed by atoms with Gasteiger partial charge in [-0.05, 0) is 11.6 Å². The quantitative estimate of drug-likeness (QED) is 0.707. The van der Waals surface area contributed by atoms with Crippen molar-refractivity contribution in [2.24, 2.45) is 0 Å². The summed E-state index contributed by atoms with van der Waals surface area (Å²) in [6, 6.07) is 7.65. The number of hydrogen-bond acceptors (Lipinski definition) is 2. The van der Waals surface area contributed by atoms with Crippen molar-refractivity contribution in [3.63, 3.8) is 0 Å². The van der Waals surface area contributed by atoms with Gasteiger partial charge in [0.05, 0.1) is 0 Å². The van der Waals surface area contributed by atoms with Crippen LogP contribution in [0.25, 0.3) is 0 Å². The van der Waals surface area contributed by atoms with Gasteiger partial charge in [0.15, 0.2) is 0 Å². The molecule has 0 saturated carbocycles. The molecule has 1 aromatic carbocycles. The fourth-order valence-electron chi connectivity index (χ4n) is 1.87. The molecule has 0 aliphatic carbocycles. The number of rotatable bonds is 0. The van der Waals surface area contributed by atoms with E-state index >= 15 is 0 Å². The van der Waals surface area contributed by atoms with E-state index in [1.54, 1.807) is 4.90 Å². The number of amides is 2. The number of nitrogens with zero attached hydrogens (tertiary/aromatic N) is 1. The highest BCUT2D eigenvalue weighted by Gasteiger charge is 2.18. The standard InChI is InChI=1S/C12H14N2O2/c1-9(15)14-7-6-12(16)13-8-10-4-2-3-5-11(10)14/h2-5H,6-8H2,1H3,(H,13,16). The summed E-state index contributed by atoms with van der Waals surface area (Å²) in [5.41, 5.74) is 1.88. The van der Waals surface area contributed by atoms with Crippen molar-refractivity contribution in [2.45, 2.75) is 19.9 Å². The van der Waals surface area contributed by atoms with Gasteiger partial charge in [0, 0.05) is 32.1 Å². The molecule has 1 N–H and O–H groups in total. The first-order valence-corrected chi connectivity index (χ1v) is 5.31. The van der Waals surface area contributed by atoms with E-state index < -0.39 is 0 Å². The fourth-order valence-corrected chi connectivity index (χ4v) is 1.87. The number of fused-ring (bicyclic) bond motifs is 1. The van der Waals surface area contributed by atoms with Gasteiger partial charge in [-0.2, -0.15) is 0 Å². The number of anilines is 1. The summed E-state index contributed by atoms with van der Waals surface area (Å²) < 4.78 is 0. The summed E-state index contributed by atoms with van der Waals surface area (Å²) >= 11 is 0. The zero-order valence-corrected chi connectivity index (χ0v) is 9.19. The smallest absolute Gasteiger partial charge is 0.223 e. The van der Waals surface area contributed by atoms with Crippen LogP contribution in [0.2, 0.25) is 0 Å². The van der Waals surface area contributed by atoms with E-state index in [0.29, 0.717) is 19.5 Å². The van der Waals surface area contributed by atoms with E-state index in [4.69, 9.17) is 0 Å². The molecule has 0 aromatic heterocycles. The molecule has 2 amide bonds. The van der Waals surface area contributed by atoms with Crippen molar-refractivity contribution >= 4 is 17.5 Å². The second-order valence-corrected chi connectivity index (χ2v) is 3.83. The molecule has 0 bridgehead atoms. The highest BCUT2D eigenvalue weighted by molar-refractivity contribution is 5.93. The Labute approximate surface area is 94.2 Å². The van der Waals surface area contributed by atoms with Gasteiger partial charge < -0.3 is 10.2 Å². The molecule has 0 unspecified atom stereocenters. The maximum atomic E-state index is 11.5. The normalized spacial score (nSPS) is 15.8. The van der Waals surface area contributed by atoms with Crippen molar-refractivity contribution in [1.29, 1.82) is 0 Å². The summed E-state index contributed by atoms with van der Waals surface area (Å²) in [5, 5.41) is 2.82. The first-order chi connectivity index (χ1) is 7.68. The maximum Gasteiger partial charge on any atom is 0.223 e. The first-order valence-electron chi connectivity index (χ1n) is 5.31. The van der Waals surface area contributed by atoms with Gasteiger partial charge in [-0.1, -0.05) is 18.2 Å². The summed E-state index contributed by atoms with van der Waals surface area (Å²) in [4.78, 5) is 24.6. The second kappa shape index (κ2) is 4.35. The van der Waals surface area contributed by atoms with Crippen molar-refractivity contribution in [2.75, 3.05) is 11.4 Å². The largest absolute Gasteiger partial charge is 0.352 e. The molecule has 0 atom stereocenters. The molecule has 4 heteroatoms. The van der Waals surface area contributed by atoms with Gasteiger partial charge in [-0.3, -0.25) is 9.59 Å². The zero-order valence-electron chi connectivity index (χ0n) is 9.19. The van der Waals surface area contributed by atoms with Crippen LogP contribution in [-0.2, 0) is 16.1 Å². The lowest BCUT2D eigenvalue weighted by Crippen LogP contribution is -2.37. The molecule has 1 aliphatic rings. The Morgan fingerprint density at radius 2 is 2.12 bits per heavy atom. The molecule has 16 heavy (non-hydrogen) atoms. The average Bonchev–Trinajstić information content (AvgIpc) is 2.25. The van der Waals surface area contributed by atoms with Gasteiger partial charge in [-0.25, -0.2) is 0 Å². The molecule has 2 rings (SSSR count). The van der Waals surface area contributed by atoms with E-state index in [-0.39, 0.29) is 11.8 Å². The SMILES string of the molecule is CC(=O)N1CCC(=O)NCc2ccccc21. The van der Waals surface area contributed by atoms with Crippen LogP contribution in [0, 0.1) is 0 Å². The first kappa shape index (κ1) is 10.7. The van der Waals surface area contributed by atoms with Gasteiger partial charge in [0.1, 0.15) is 0 Å². The number of hydrogen-bond donors (Lipinski definition) is 1. The third kappa shape index (κ3) is 2.05. The fraction of sp³-hybridized carbons (Fsp3) is 0.333. The van der Waals surface area contributed by atoms with Gasteiger partial charge in [0.2, 0.25) is 11.8 Å². The van der Waals surface area contributed by atoms with Crippen LogP contribution in [0.4, 0.5) is 5.69 Å². The number of carbonyl (C=O) groups is 2. The number of carbonyl (C=O) groups excluding carboxylic acids is 2. The van der Waals surface area contributed by atoms with Gasteiger partial charge >= 0.3 is 0 Å². The minimum atomic E-state index is -0.0258. The van der Waals surface area contributed by atoms with Crippen molar-refractivity contribution in [1.82, 2.24) is 5.32 Å². The highest BCUT2D eigenvalue weighted by Crippen LogP contribution is 2.22. The van der Waals surface area contributed by atoms with Crippen LogP contribution < -0.4 is 10.2 Å². The third-order valence-corrected chi connectivity index (χ3v) is 2.70. The number of nitrogens with one attached hydrogen (secondary N) is 1. The van der Waals surface area contributed by atoms with E-state index in [2.05, 4.69) is 5.32 Å². The number of para-hydroxylation sites is 1. The van der Waals surface area contributed by atoms with Crippen LogP contribution >= 0.6 is 0 Å². The summed E-state index contributed by atoms with van der Waals surface area (Å²) in [5.74, 6) is -0.0390. The van der Waals surface area contributed by atoms with Crippen molar-refractivity contribution in [3.8, 4) is 0 Å². The average molecular weight is 218 g/mol. The summed E-state index contributed by atoms with van der Waals surface area (Å²) in [7, 11) is 0. The second-order valence-electron chi connectivity index (χ2n) is 3.83. The minimum Gasteiger partial charge on any atom is -0.352 e. The molecule has 84 valence electrons. The van der Waals surface area contributed by atoms with E-state index in [1.807, 2.05) is 24.3 Å². The maximum absolute atomic E-state index is 11.5. The summed E-state index contributed by atoms with van der Waals surface area (Å²) in [6.45, 7) is 2.45. The van der Waals surface area contributed by atoms with Crippen LogP contribution in [-0.4, -0.2) is 18.4 Å². The third-order valence-electron chi connectivity index (χ3n) is 2.70. The van der Waals surface area contributed by atoms with E-state index in [9.17, 15) is 9.59 Å². The molecule has 4 nitrogen and oxygen atoms in total. The Balaban J connectivity index is 2.40. The Hall–Kier alpha value is -1.84. The van der Waals surface area contributed by atoms with Crippen LogP contribution in [0.1, 0.15) is 18.9 Å². The predicted octanol–water partition coefficient (Wildman–Crippen LogP) is 1.06. The molecule has 0 spiro atoms. The molecule has 0 fully saturated rings. The summed E-state index contributed by atoms with van der Waals surface area (Å²) in [6.07, 6.45) is 0.355. The van der Waals surface area contributed by atoms with E-state index in [0.717, 1.165) is 11.3 Å². The topological polar surface area (TPSA) is 49.4 Å². The molecular formula is C12H14N2O2. The van der Waals surface area contributed by atoms with Crippen molar-refractivity contribution < 1.29 is 9.59 Å². The van der Waals surface area contributed by atoms with Gasteiger partial charge in [0.25, 0.3) is 0 Å². The van der Waals surface area contributed by atoms with Crippen LogP contribution in [0.5, 0.6) is 0 Å². The molecule has 0 radical (unpaired) electrons. The van der Waals surface area contributed by atoms with Crippen molar-refractivity contribution in [3.05, 3.63) is 29.8 Å². The highest BCUT2D eigenvalue weighted by atomic mass is 16.2. The minimum absolute atomic E-state index is 0.0132. The van der Waals surface area contributed by atoms with Crippen LogP contribution in [0.15, 0.2) is 24.3 Å². The molecule has 1 aromatic rings. The Kier molecular flexibility index (Phi) is 2.90. The number of benzene rings is 1.